The van der Waals surface area contributed by atoms with Gasteiger partial charge in [-0.1, -0.05) is 19.9 Å². The second-order valence-electron chi connectivity index (χ2n) is 6.07. The predicted molar refractivity (Wildman–Crippen MR) is 84.1 cm³/mol. The number of halogens is 1. The lowest BCUT2D eigenvalue weighted by Crippen LogP contribution is -2.44. The van der Waals surface area contributed by atoms with E-state index in [1.54, 1.807) is 12.1 Å². The van der Waals surface area contributed by atoms with E-state index >= 15 is 0 Å². The Hall–Kier alpha value is -1.58. The molecular formula is C17H25FN2O. The lowest BCUT2D eigenvalue weighted by Gasteiger charge is -2.37. The molecule has 116 valence electrons. The number of amides is 1. The van der Waals surface area contributed by atoms with Crippen LogP contribution in [-0.4, -0.2) is 29.9 Å². The van der Waals surface area contributed by atoms with Crippen LogP contribution in [0.25, 0.3) is 0 Å². The number of hydrogen-bond donors (Lipinski definition) is 1. The highest BCUT2D eigenvalue weighted by molar-refractivity contribution is 6.00. The van der Waals surface area contributed by atoms with E-state index in [1.807, 2.05) is 11.8 Å². The molecule has 1 amide bonds. The Balaban J connectivity index is 2.24. The summed E-state index contributed by atoms with van der Waals surface area (Å²) in [5, 5.41) is 3.05. The zero-order chi connectivity index (χ0) is 15.4. The molecule has 21 heavy (non-hydrogen) atoms. The van der Waals surface area contributed by atoms with Gasteiger partial charge in [-0.3, -0.25) is 4.79 Å². The van der Waals surface area contributed by atoms with Crippen LogP contribution in [0.4, 0.5) is 10.1 Å². The number of carbonyl (C=O) groups is 1. The summed E-state index contributed by atoms with van der Waals surface area (Å²) in [5.74, 6) is 0.231. The number of hydrogen-bond acceptors (Lipinski definition) is 2. The average Bonchev–Trinajstić information content (AvgIpc) is 2.45. The van der Waals surface area contributed by atoms with Crippen LogP contribution in [0, 0.1) is 11.7 Å². The summed E-state index contributed by atoms with van der Waals surface area (Å²) in [6.07, 6.45) is 2.92. The number of benzene rings is 1. The summed E-state index contributed by atoms with van der Waals surface area (Å²) in [5.41, 5.74) is 0.792. The predicted octanol–water partition coefficient (Wildman–Crippen LogP) is 3.91. The third-order valence-electron chi connectivity index (χ3n) is 4.19. The van der Waals surface area contributed by atoms with E-state index in [-0.39, 0.29) is 17.8 Å². The molecule has 1 aliphatic rings. The van der Waals surface area contributed by atoms with Crippen LogP contribution in [0.1, 0.15) is 50.4 Å². The molecule has 1 heterocycles. The van der Waals surface area contributed by atoms with Crippen molar-refractivity contribution in [3.8, 4) is 0 Å². The van der Waals surface area contributed by atoms with E-state index < -0.39 is 0 Å². The molecule has 1 aromatic carbocycles. The van der Waals surface area contributed by atoms with Gasteiger partial charge in [0, 0.05) is 19.1 Å². The molecule has 0 saturated carbocycles. The van der Waals surface area contributed by atoms with Gasteiger partial charge in [-0.25, -0.2) is 4.39 Å². The topological polar surface area (TPSA) is 32.3 Å². The van der Waals surface area contributed by atoms with Gasteiger partial charge in [0.05, 0.1) is 11.3 Å². The molecule has 1 fully saturated rings. The van der Waals surface area contributed by atoms with Crippen molar-refractivity contribution < 1.29 is 9.18 Å². The van der Waals surface area contributed by atoms with Gasteiger partial charge in [-0.2, -0.15) is 0 Å². The number of likely N-dealkylation sites (tertiary alicyclic amines) is 1. The van der Waals surface area contributed by atoms with Gasteiger partial charge < -0.3 is 10.2 Å². The second-order valence-corrected chi connectivity index (χ2v) is 6.07. The molecular weight excluding hydrogens is 267 g/mol. The van der Waals surface area contributed by atoms with Gasteiger partial charge in [0.1, 0.15) is 5.82 Å². The zero-order valence-corrected chi connectivity index (χ0v) is 13.2. The average molecular weight is 292 g/mol. The Labute approximate surface area is 126 Å². The Morgan fingerprint density at radius 3 is 2.86 bits per heavy atom. The van der Waals surface area contributed by atoms with Gasteiger partial charge in [-0.15, -0.1) is 0 Å². The summed E-state index contributed by atoms with van der Waals surface area (Å²) in [4.78, 5) is 14.7. The lowest BCUT2D eigenvalue weighted by molar-refractivity contribution is 0.0589. The number of carbonyl (C=O) groups excluding carboxylic acids is 1. The highest BCUT2D eigenvalue weighted by Crippen LogP contribution is 2.27. The van der Waals surface area contributed by atoms with E-state index in [0.29, 0.717) is 23.7 Å². The van der Waals surface area contributed by atoms with E-state index in [0.717, 1.165) is 25.8 Å². The summed E-state index contributed by atoms with van der Waals surface area (Å²) in [6.45, 7) is 7.73. The number of piperidine rings is 1. The monoisotopic (exact) mass is 292 g/mol. The van der Waals surface area contributed by atoms with Crippen LogP contribution < -0.4 is 5.32 Å². The number of anilines is 1. The maximum Gasteiger partial charge on any atom is 0.256 e. The van der Waals surface area contributed by atoms with E-state index in [9.17, 15) is 9.18 Å². The molecule has 2 atom stereocenters. The first kappa shape index (κ1) is 15.8. The molecule has 0 aromatic heterocycles. The van der Waals surface area contributed by atoms with E-state index in [2.05, 4.69) is 19.2 Å². The SMILES string of the molecule is CCCNc1c(F)cccc1C(=O)N1CCC(C)CC1C. The van der Waals surface area contributed by atoms with Crippen LogP contribution in [-0.2, 0) is 0 Å². The third kappa shape index (κ3) is 3.55. The molecule has 2 unspecified atom stereocenters. The van der Waals surface area contributed by atoms with Crippen LogP contribution in [0.2, 0.25) is 0 Å². The largest absolute Gasteiger partial charge is 0.382 e. The Kier molecular flexibility index (Phi) is 5.21. The van der Waals surface area contributed by atoms with Crippen LogP contribution in [0.3, 0.4) is 0 Å². The Morgan fingerprint density at radius 1 is 1.43 bits per heavy atom. The molecule has 1 aromatic rings. The van der Waals surface area contributed by atoms with Gasteiger partial charge >= 0.3 is 0 Å². The van der Waals surface area contributed by atoms with Crippen molar-refractivity contribution in [2.45, 2.75) is 46.1 Å². The van der Waals surface area contributed by atoms with Crippen molar-refractivity contribution in [2.75, 3.05) is 18.4 Å². The highest BCUT2D eigenvalue weighted by Gasteiger charge is 2.29. The first-order valence-electron chi connectivity index (χ1n) is 7.88. The Bertz CT molecular complexity index is 504. The summed E-state index contributed by atoms with van der Waals surface area (Å²) >= 11 is 0. The number of rotatable bonds is 4. The molecule has 3 nitrogen and oxygen atoms in total. The fourth-order valence-electron chi connectivity index (χ4n) is 3.00. The third-order valence-corrected chi connectivity index (χ3v) is 4.19. The van der Waals surface area contributed by atoms with Crippen molar-refractivity contribution in [3.05, 3.63) is 29.6 Å². The van der Waals surface area contributed by atoms with E-state index in [1.165, 1.54) is 6.07 Å². The molecule has 0 bridgehead atoms. The van der Waals surface area contributed by atoms with Crippen molar-refractivity contribution in [1.82, 2.24) is 4.90 Å². The van der Waals surface area contributed by atoms with Crippen LogP contribution in [0.5, 0.6) is 0 Å². The van der Waals surface area contributed by atoms with Gasteiger partial charge in [0.25, 0.3) is 5.91 Å². The Morgan fingerprint density at radius 2 is 2.19 bits per heavy atom. The van der Waals surface area contributed by atoms with Crippen molar-refractivity contribution in [1.29, 1.82) is 0 Å². The molecule has 0 spiro atoms. The summed E-state index contributed by atoms with van der Waals surface area (Å²) in [7, 11) is 0. The smallest absolute Gasteiger partial charge is 0.256 e. The minimum absolute atomic E-state index is 0.0625. The molecule has 0 radical (unpaired) electrons. The molecule has 4 heteroatoms. The number of nitrogens with one attached hydrogen (secondary N) is 1. The van der Waals surface area contributed by atoms with Crippen LogP contribution in [0.15, 0.2) is 18.2 Å². The first-order valence-corrected chi connectivity index (χ1v) is 7.88. The van der Waals surface area contributed by atoms with Crippen LogP contribution >= 0.6 is 0 Å². The standard InChI is InChI=1S/C17H25FN2O/c1-4-9-19-16-14(6-5-7-15(16)18)17(21)20-10-8-12(2)11-13(20)3/h5-7,12-13,19H,4,8-11H2,1-3H3. The quantitative estimate of drug-likeness (QED) is 0.912. The van der Waals surface area contributed by atoms with Crippen molar-refractivity contribution >= 4 is 11.6 Å². The number of para-hydroxylation sites is 1. The van der Waals surface area contributed by atoms with Gasteiger partial charge in [-0.05, 0) is 44.2 Å². The fraction of sp³-hybridized carbons (Fsp3) is 0.588. The maximum absolute atomic E-state index is 14.0. The van der Waals surface area contributed by atoms with E-state index in [4.69, 9.17) is 0 Å². The van der Waals surface area contributed by atoms with Crippen molar-refractivity contribution in [2.24, 2.45) is 5.92 Å². The molecule has 1 saturated heterocycles. The second kappa shape index (κ2) is 6.92. The molecule has 0 aliphatic carbocycles. The molecule has 1 aliphatic heterocycles. The minimum atomic E-state index is -0.354. The fourth-order valence-corrected chi connectivity index (χ4v) is 3.00. The van der Waals surface area contributed by atoms with Gasteiger partial charge in [0.2, 0.25) is 0 Å². The molecule has 1 N–H and O–H groups in total. The lowest BCUT2D eigenvalue weighted by atomic mass is 9.92. The summed E-state index contributed by atoms with van der Waals surface area (Å²) < 4.78 is 14.0. The zero-order valence-electron chi connectivity index (χ0n) is 13.2. The molecule has 2 rings (SSSR count). The minimum Gasteiger partial charge on any atom is -0.382 e. The summed E-state index contributed by atoms with van der Waals surface area (Å²) in [6, 6.07) is 4.94. The van der Waals surface area contributed by atoms with Crippen molar-refractivity contribution in [3.63, 3.8) is 0 Å². The maximum atomic E-state index is 14.0. The normalized spacial score (nSPS) is 22.2. The highest BCUT2D eigenvalue weighted by atomic mass is 19.1. The first-order chi connectivity index (χ1) is 10.0. The number of nitrogens with zero attached hydrogens (tertiary/aromatic N) is 1. The van der Waals surface area contributed by atoms with Gasteiger partial charge in [0.15, 0.2) is 0 Å².